The van der Waals surface area contributed by atoms with Gasteiger partial charge in [0.2, 0.25) is 0 Å². The molecule has 174 valence electrons. The van der Waals surface area contributed by atoms with Crippen LogP contribution in [0.3, 0.4) is 0 Å². The highest BCUT2D eigenvalue weighted by Crippen LogP contribution is 2.29. The molecule has 0 bridgehead atoms. The van der Waals surface area contributed by atoms with Crippen LogP contribution in [-0.4, -0.2) is 32.4 Å². The van der Waals surface area contributed by atoms with Crippen molar-refractivity contribution in [2.24, 2.45) is 4.99 Å². The molecular formula is C29H31N3O2. The van der Waals surface area contributed by atoms with Crippen molar-refractivity contribution in [2.75, 3.05) is 30.5 Å². The number of aliphatic imine (C=N–C) groups is 1. The van der Waals surface area contributed by atoms with Crippen LogP contribution in [0.5, 0.6) is 5.75 Å². The van der Waals surface area contributed by atoms with Gasteiger partial charge in [-0.05, 0) is 73.5 Å². The van der Waals surface area contributed by atoms with Crippen LogP contribution in [-0.2, 0) is 4.79 Å². The first-order chi connectivity index (χ1) is 16.5. The predicted octanol–water partition coefficient (Wildman–Crippen LogP) is 6.07. The molecule has 0 atom stereocenters. The zero-order valence-corrected chi connectivity index (χ0v) is 20.3. The Morgan fingerprint density at radius 1 is 0.941 bits per heavy atom. The Labute approximate surface area is 202 Å². The van der Waals surface area contributed by atoms with Gasteiger partial charge in [0, 0.05) is 25.3 Å². The molecule has 1 aliphatic rings. The lowest BCUT2D eigenvalue weighted by Crippen LogP contribution is -2.32. The van der Waals surface area contributed by atoms with Crippen molar-refractivity contribution in [3.05, 3.63) is 95.2 Å². The zero-order chi connectivity index (χ0) is 24.1. The molecule has 0 aliphatic carbocycles. The number of rotatable bonds is 8. The molecule has 0 aromatic heterocycles. The van der Waals surface area contributed by atoms with E-state index in [1.807, 2.05) is 105 Å². The number of aryl methyl sites for hydroxylation is 1. The molecule has 4 rings (SSSR count). The van der Waals surface area contributed by atoms with Gasteiger partial charge >= 0.3 is 0 Å². The maximum atomic E-state index is 13.5. The topological polar surface area (TPSA) is 45.1 Å². The first-order valence-electron chi connectivity index (χ1n) is 11.7. The van der Waals surface area contributed by atoms with E-state index in [2.05, 4.69) is 6.92 Å². The first-order valence-corrected chi connectivity index (χ1v) is 11.7. The summed E-state index contributed by atoms with van der Waals surface area (Å²) in [6, 6.07) is 23.8. The molecule has 5 nitrogen and oxygen atoms in total. The second-order valence-corrected chi connectivity index (χ2v) is 8.65. The number of nitrogens with zero attached hydrogens (tertiary/aromatic N) is 3. The Morgan fingerprint density at radius 3 is 2.24 bits per heavy atom. The Hall–Kier alpha value is -3.86. The van der Waals surface area contributed by atoms with Crippen molar-refractivity contribution in [3.63, 3.8) is 0 Å². The maximum absolute atomic E-state index is 13.5. The third-order valence-corrected chi connectivity index (χ3v) is 5.74. The summed E-state index contributed by atoms with van der Waals surface area (Å²) in [6.45, 7) is 4.87. The Morgan fingerprint density at radius 2 is 1.62 bits per heavy atom. The molecule has 0 fully saturated rings. The number of hydrogen-bond donors (Lipinski definition) is 0. The third kappa shape index (κ3) is 5.20. The minimum Gasteiger partial charge on any atom is -0.494 e. The number of amidine groups is 1. The summed E-state index contributed by atoms with van der Waals surface area (Å²) < 4.78 is 5.80. The molecule has 1 heterocycles. The van der Waals surface area contributed by atoms with Crippen LogP contribution in [0.2, 0.25) is 0 Å². The van der Waals surface area contributed by atoms with E-state index >= 15 is 0 Å². The van der Waals surface area contributed by atoms with Crippen LogP contribution in [0.15, 0.2) is 83.5 Å². The van der Waals surface area contributed by atoms with Gasteiger partial charge in [-0.15, -0.1) is 0 Å². The first kappa shape index (κ1) is 23.3. The van der Waals surface area contributed by atoms with E-state index < -0.39 is 0 Å². The third-order valence-electron chi connectivity index (χ3n) is 5.74. The van der Waals surface area contributed by atoms with Crippen LogP contribution in [0.25, 0.3) is 6.08 Å². The molecule has 0 radical (unpaired) electrons. The van der Waals surface area contributed by atoms with E-state index in [1.165, 1.54) is 0 Å². The van der Waals surface area contributed by atoms with Gasteiger partial charge in [0.1, 0.15) is 17.3 Å². The van der Waals surface area contributed by atoms with Gasteiger partial charge in [-0.2, -0.15) is 0 Å². The SMILES string of the molecule is CCCCOc1ccc(C2=N/C(=C\c3ccc(N(C)C)cc3)C(=O)N2c2ccc(C)cc2)cc1. The Kier molecular flexibility index (Phi) is 7.12. The molecule has 3 aromatic rings. The molecular weight excluding hydrogens is 422 g/mol. The molecule has 0 saturated heterocycles. The van der Waals surface area contributed by atoms with E-state index in [0.29, 0.717) is 18.1 Å². The van der Waals surface area contributed by atoms with Crippen LogP contribution in [0.1, 0.15) is 36.5 Å². The Balaban J connectivity index is 1.69. The fourth-order valence-electron chi connectivity index (χ4n) is 3.70. The van der Waals surface area contributed by atoms with Crippen molar-refractivity contribution >= 4 is 29.2 Å². The van der Waals surface area contributed by atoms with Gasteiger partial charge in [-0.3, -0.25) is 9.69 Å². The van der Waals surface area contributed by atoms with Crippen molar-refractivity contribution in [2.45, 2.75) is 26.7 Å². The lowest BCUT2D eigenvalue weighted by molar-refractivity contribution is -0.113. The quantitative estimate of drug-likeness (QED) is 0.307. The number of benzene rings is 3. The largest absolute Gasteiger partial charge is 0.494 e. The van der Waals surface area contributed by atoms with Gasteiger partial charge in [-0.25, -0.2) is 4.99 Å². The molecule has 3 aromatic carbocycles. The number of carbonyl (C=O) groups is 1. The molecule has 0 unspecified atom stereocenters. The number of amides is 1. The van der Waals surface area contributed by atoms with E-state index in [9.17, 15) is 4.79 Å². The molecule has 34 heavy (non-hydrogen) atoms. The Bertz CT molecular complexity index is 1190. The smallest absolute Gasteiger partial charge is 0.282 e. The van der Waals surface area contributed by atoms with E-state index in [1.54, 1.807) is 4.90 Å². The lowest BCUT2D eigenvalue weighted by atomic mass is 10.1. The average Bonchev–Trinajstić information content (AvgIpc) is 3.16. The standard InChI is InChI=1S/C29H31N3O2/c1-5-6-19-34-26-17-11-23(12-18-26)28-30-27(20-22-9-15-24(16-10-22)31(3)4)29(33)32(28)25-13-7-21(2)8-14-25/h7-18,20H,5-6,19H2,1-4H3/b27-20-. The van der Waals surface area contributed by atoms with Crippen molar-refractivity contribution < 1.29 is 9.53 Å². The van der Waals surface area contributed by atoms with Gasteiger partial charge in [0.15, 0.2) is 0 Å². The van der Waals surface area contributed by atoms with Gasteiger partial charge < -0.3 is 9.64 Å². The number of hydrogen-bond acceptors (Lipinski definition) is 4. The number of ether oxygens (including phenoxy) is 1. The molecule has 0 spiro atoms. The second kappa shape index (κ2) is 10.4. The predicted molar refractivity (Wildman–Crippen MR) is 141 cm³/mol. The number of anilines is 2. The van der Waals surface area contributed by atoms with Gasteiger partial charge in [-0.1, -0.05) is 43.2 Å². The number of carbonyl (C=O) groups excluding carboxylic acids is 1. The van der Waals surface area contributed by atoms with Gasteiger partial charge in [0.25, 0.3) is 5.91 Å². The second-order valence-electron chi connectivity index (χ2n) is 8.65. The van der Waals surface area contributed by atoms with Crippen molar-refractivity contribution in [1.82, 2.24) is 0 Å². The maximum Gasteiger partial charge on any atom is 0.282 e. The van der Waals surface area contributed by atoms with Crippen LogP contribution in [0.4, 0.5) is 11.4 Å². The molecule has 5 heteroatoms. The number of unbranched alkanes of at least 4 members (excludes halogenated alkanes) is 1. The zero-order valence-electron chi connectivity index (χ0n) is 20.3. The average molecular weight is 454 g/mol. The summed E-state index contributed by atoms with van der Waals surface area (Å²) in [7, 11) is 4.01. The summed E-state index contributed by atoms with van der Waals surface area (Å²) in [4.78, 5) is 22.0. The minimum atomic E-state index is -0.140. The minimum absolute atomic E-state index is 0.140. The van der Waals surface area contributed by atoms with E-state index in [-0.39, 0.29) is 5.91 Å². The van der Waals surface area contributed by atoms with Crippen molar-refractivity contribution in [3.8, 4) is 5.75 Å². The van der Waals surface area contributed by atoms with E-state index in [4.69, 9.17) is 9.73 Å². The summed E-state index contributed by atoms with van der Waals surface area (Å²) in [6.07, 6.45) is 3.96. The highest BCUT2D eigenvalue weighted by molar-refractivity contribution is 6.33. The van der Waals surface area contributed by atoms with Crippen LogP contribution >= 0.6 is 0 Å². The summed E-state index contributed by atoms with van der Waals surface area (Å²) >= 11 is 0. The fourth-order valence-corrected chi connectivity index (χ4v) is 3.70. The fraction of sp³-hybridized carbons (Fsp3) is 0.241. The molecule has 0 N–H and O–H groups in total. The van der Waals surface area contributed by atoms with Gasteiger partial charge in [0.05, 0.1) is 12.3 Å². The summed E-state index contributed by atoms with van der Waals surface area (Å²) in [5, 5.41) is 0. The van der Waals surface area contributed by atoms with E-state index in [0.717, 1.165) is 46.7 Å². The highest BCUT2D eigenvalue weighted by Gasteiger charge is 2.32. The highest BCUT2D eigenvalue weighted by atomic mass is 16.5. The summed E-state index contributed by atoms with van der Waals surface area (Å²) in [5.74, 6) is 1.30. The molecule has 1 aliphatic heterocycles. The molecule has 0 saturated carbocycles. The normalized spacial score (nSPS) is 14.5. The lowest BCUT2D eigenvalue weighted by Gasteiger charge is -2.19. The molecule has 1 amide bonds. The van der Waals surface area contributed by atoms with Crippen LogP contribution in [0, 0.1) is 6.92 Å². The monoisotopic (exact) mass is 453 g/mol. The summed E-state index contributed by atoms with van der Waals surface area (Å²) in [5.41, 5.74) is 5.25. The van der Waals surface area contributed by atoms with Crippen molar-refractivity contribution in [1.29, 1.82) is 0 Å². The van der Waals surface area contributed by atoms with Crippen LogP contribution < -0.4 is 14.5 Å².